The van der Waals surface area contributed by atoms with Gasteiger partial charge in [-0.2, -0.15) is 0 Å². The van der Waals surface area contributed by atoms with E-state index in [0.717, 1.165) is 11.1 Å². The van der Waals surface area contributed by atoms with Crippen LogP contribution < -0.4 is 0 Å². The van der Waals surface area contributed by atoms with Crippen LogP contribution in [-0.4, -0.2) is 29.4 Å². The van der Waals surface area contributed by atoms with Crippen molar-refractivity contribution in [2.75, 3.05) is 7.05 Å². The molecule has 4 heteroatoms. The minimum absolute atomic E-state index is 0.389. The molecule has 0 heterocycles. The Bertz CT molecular complexity index is 475. The van der Waals surface area contributed by atoms with Crippen molar-refractivity contribution in [2.45, 2.75) is 39.8 Å². The van der Waals surface area contributed by atoms with Crippen molar-refractivity contribution in [3.05, 3.63) is 35.4 Å². The molecule has 104 valence electrons. The Hall–Kier alpha value is -1.84. The molecule has 0 atom stereocenters. The van der Waals surface area contributed by atoms with E-state index in [2.05, 4.69) is 0 Å². The van der Waals surface area contributed by atoms with Gasteiger partial charge in [0.2, 0.25) is 0 Å². The van der Waals surface area contributed by atoms with Gasteiger partial charge >= 0.3 is 11.9 Å². The molecule has 0 saturated heterocycles. The summed E-state index contributed by atoms with van der Waals surface area (Å²) in [4.78, 5) is 24.9. The second-order valence-corrected chi connectivity index (χ2v) is 5.65. The van der Waals surface area contributed by atoms with Crippen molar-refractivity contribution >= 4 is 11.9 Å². The van der Waals surface area contributed by atoms with Crippen molar-refractivity contribution in [3.63, 3.8) is 0 Å². The third-order valence-electron chi connectivity index (χ3n) is 2.42. The predicted molar refractivity (Wildman–Crippen MR) is 73.5 cm³/mol. The van der Waals surface area contributed by atoms with E-state index in [1.807, 2.05) is 31.2 Å². The number of hydrogen-bond acceptors (Lipinski definition) is 3. The minimum Gasteiger partial charge on any atom is -0.453 e. The fraction of sp³-hybridized carbons (Fsp3) is 0.467. The van der Waals surface area contributed by atoms with Gasteiger partial charge in [-0.1, -0.05) is 29.8 Å². The number of esters is 1. The van der Waals surface area contributed by atoms with E-state index in [1.165, 1.54) is 4.90 Å². The van der Waals surface area contributed by atoms with Gasteiger partial charge in [0, 0.05) is 13.6 Å². The molecule has 19 heavy (non-hydrogen) atoms. The van der Waals surface area contributed by atoms with Gasteiger partial charge in [0.15, 0.2) is 0 Å². The van der Waals surface area contributed by atoms with Gasteiger partial charge in [0.25, 0.3) is 0 Å². The summed E-state index contributed by atoms with van der Waals surface area (Å²) in [5, 5.41) is 0. The van der Waals surface area contributed by atoms with Gasteiger partial charge in [-0.3, -0.25) is 4.79 Å². The second kappa shape index (κ2) is 5.87. The van der Waals surface area contributed by atoms with Gasteiger partial charge < -0.3 is 9.64 Å². The van der Waals surface area contributed by atoms with Crippen molar-refractivity contribution in [1.82, 2.24) is 4.90 Å². The Balaban J connectivity index is 2.65. The Morgan fingerprint density at radius 1 is 1.26 bits per heavy atom. The number of likely N-dealkylation sites (N-methyl/N-ethyl adjacent to an activating group) is 1. The van der Waals surface area contributed by atoms with Gasteiger partial charge in [0.1, 0.15) is 5.60 Å². The number of amides is 1. The monoisotopic (exact) mass is 263 g/mol. The van der Waals surface area contributed by atoms with Crippen LogP contribution in [0.3, 0.4) is 0 Å². The molecule has 0 aliphatic heterocycles. The van der Waals surface area contributed by atoms with E-state index >= 15 is 0 Å². The predicted octanol–water partition coefficient (Wildman–Crippen LogP) is 2.30. The van der Waals surface area contributed by atoms with Crippen LogP contribution in [-0.2, 0) is 20.9 Å². The zero-order chi connectivity index (χ0) is 14.6. The molecule has 1 aromatic rings. The fourth-order valence-electron chi connectivity index (χ4n) is 1.63. The highest BCUT2D eigenvalue weighted by Crippen LogP contribution is 2.10. The summed E-state index contributed by atoms with van der Waals surface area (Å²) < 4.78 is 5.05. The van der Waals surface area contributed by atoms with Crippen LogP contribution in [0.5, 0.6) is 0 Å². The van der Waals surface area contributed by atoms with E-state index in [4.69, 9.17) is 4.74 Å². The second-order valence-electron chi connectivity index (χ2n) is 5.65. The molecular weight excluding hydrogens is 242 g/mol. The number of hydrogen-bond donors (Lipinski definition) is 0. The van der Waals surface area contributed by atoms with Gasteiger partial charge in [-0.15, -0.1) is 0 Å². The number of benzene rings is 1. The number of ether oxygens (including phenoxy) is 1. The Labute approximate surface area is 114 Å². The Kier molecular flexibility index (Phi) is 4.70. The molecule has 0 saturated carbocycles. The molecule has 0 spiro atoms. The quantitative estimate of drug-likeness (QED) is 0.607. The van der Waals surface area contributed by atoms with Crippen LogP contribution >= 0.6 is 0 Å². The van der Waals surface area contributed by atoms with Crippen LogP contribution in [0.25, 0.3) is 0 Å². The maximum Gasteiger partial charge on any atom is 0.397 e. The van der Waals surface area contributed by atoms with Gasteiger partial charge in [-0.05, 0) is 33.3 Å². The fourth-order valence-corrected chi connectivity index (χ4v) is 1.63. The zero-order valence-corrected chi connectivity index (χ0v) is 12.2. The van der Waals surface area contributed by atoms with Crippen LogP contribution in [0.4, 0.5) is 0 Å². The van der Waals surface area contributed by atoms with Crippen molar-refractivity contribution in [2.24, 2.45) is 0 Å². The van der Waals surface area contributed by atoms with E-state index in [9.17, 15) is 9.59 Å². The molecule has 0 bridgehead atoms. The summed E-state index contributed by atoms with van der Waals surface area (Å²) in [5.74, 6) is -1.45. The lowest BCUT2D eigenvalue weighted by Gasteiger charge is -2.22. The van der Waals surface area contributed by atoms with Gasteiger partial charge in [-0.25, -0.2) is 4.79 Å². The maximum absolute atomic E-state index is 11.9. The third-order valence-corrected chi connectivity index (χ3v) is 2.42. The molecule has 0 radical (unpaired) electrons. The minimum atomic E-state index is -0.817. The normalized spacial score (nSPS) is 11.0. The molecule has 1 amide bonds. The summed E-state index contributed by atoms with van der Waals surface area (Å²) >= 11 is 0. The summed E-state index contributed by atoms with van der Waals surface area (Å²) in [5.41, 5.74) is 1.45. The SMILES string of the molecule is Cc1cccc(CN(C)C(=O)C(=O)OC(C)(C)C)c1. The van der Waals surface area contributed by atoms with Crippen molar-refractivity contribution in [1.29, 1.82) is 0 Å². The Morgan fingerprint density at radius 3 is 2.42 bits per heavy atom. The van der Waals surface area contributed by atoms with Crippen LogP contribution in [0.2, 0.25) is 0 Å². The summed E-state index contributed by atoms with van der Waals surface area (Å²) in [6.45, 7) is 7.58. The smallest absolute Gasteiger partial charge is 0.397 e. The molecule has 0 N–H and O–H groups in total. The first-order valence-corrected chi connectivity index (χ1v) is 6.23. The molecule has 0 fully saturated rings. The molecule has 0 unspecified atom stereocenters. The van der Waals surface area contributed by atoms with Crippen LogP contribution in [0.1, 0.15) is 31.9 Å². The van der Waals surface area contributed by atoms with Crippen molar-refractivity contribution < 1.29 is 14.3 Å². The van der Waals surface area contributed by atoms with Crippen LogP contribution in [0.15, 0.2) is 24.3 Å². The number of aryl methyl sites for hydroxylation is 1. The number of carbonyl (C=O) groups excluding carboxylic acids is 2. The van der Waals surface area contributed by atoms with Crippen molar-refractivity contribution in [3.8, 4) is 0 Å². The zero-order valence-electron chi connectivity index (χ0n) is 12.2. The largest absolute Gasteiger partial charge is 0.453 e. The molecule has 0 aliphatic rings. The molecule has 1 aromatic carbocycles. The average molecular weight is 263 g/mol. The molecule has 0 aromatic heterocycles. The van der Waals surface area contributed by atoms with Gasteiger partial charge in [0.05, 0.1) is 0 Å². The highest BCUT2D eigenvalue weighted by atomic mass is 16.6. The molecule has 4 nitrogen and oxygen atoms in total. The first-order chi connectivity index (χ1) is 8.69. The lowest BCUT2D eigenvalue weighted by atomic mass is 10.1. The summed E-state index contributed by atoms with van der Waals surface area (Å²) in [7, 11) is 1.59. The first kappa shape index (κ1) is 15.2. The number of rotatable bonds is 2. The lowest BCUT2D eigenvalue weighted by Crippen LogP contribution is -2.37. The lowest BCUT2D eigenvalue weighted by molar-refractivity contribution is -0.167. The molecule has 0 aliphatic carbocycles. The number of nitrogens with zero attached hydrogens (tertiary/aromatic N) is 1. The Morgan fingerprint density at radius 2 is 1.89 bits per heavy atom. The number of carbonyl (C=O) groups is 2. The van der Waals surface area contributed by atoms with E-state index in [-0.39, 0.29) is 0 Å². The molecular formula is C15H21NO3. The maximum atomic E-state index is 11.9. The standard InChI is InChI=1S/C15H21NO3/c1-11-7-6-8-12(9-11)10-16(5)13(17)14(18)19-15(2,3)4/h6-9H,10H2,1-5H3. The van der Waals surface area contributed by atoms with Crippen LogP contribution in [0, 0.1) is 6.92 Å². The molecule has 1 rings (SSSR count). The summed E-state index contributed by atoms with van der Waals surface area (Å²) in [6, 6.07) is 7.82. The topological polar surface area (TPSA) is 46.6 Å². The third kappa shape index (κ3) is 5.12. The van der Waals surface area contributed by atoms with E-state index in [1.54, 1.807) is 27.8 Å². The average Bonchev–Trinajstić information content (AvgIpc) is 2.25. The van der Waals surface area contributed by atoms with E-state index < -0.39 is 17.5 Å². The summed E-state index contributed by atoms with van der Waals surface area (Å²) in [6.07, 6.45) is 0. The van der Waals surface area contributed by atoms with E-state index in [0.29, 0.717) is 6.54 Å². The first-order valence-electron chi connectivity index (χ1n) is 6.23. The highest BCUT2D eigenvalue weighted by molar-refractivity contribution is 6.32. The highest BCUT2D eigenvalue weighted by Gasteiger charge is 2.25.